The molecule has 2 aliphatic rings. The summed E-state index contributed by atoms with van der Waals surface area (Å²) < 4.78 is 0. The van der Waals surface area contributed by atoms with Crippen LogP contribution in [0.15, 0.2) is 42.0 Å². The summed E-state index contributed by atoms with van der Waals surface area (Å²) in [5.74, 6) is 0.605. The van der Waals surface area contributed by atoms with Crippen LogP contribution in [0.3, 0.4) is 0 Å². The number of rotatable bonds is 2. The van der Waals surface area contributed by atoms with Crippen LogP contribution in [0, 0.1) is 19.8 Å². The van der Waals surface area contributed by atoms with Crippen molar-refractivity contribution in [3.05, 3.63) is 53.1 Å². The van der Waals surface area contributed by atoms with Gasteiger partial charge in [0.2, 0.25) is 0 Å². The summed E-state index contributed by atoms with van der Waals surface area (Å²) in [6, 6.07) is 7.16. The highest BCUT2D eigenvalue weighted by atomic mass is 15.4. The van der Waals surface area contributed by atoms with Gasteiger partial charge in [-0.3, -0.25) is 4.90 Å². The number of para-hydroxylation sites is 1. The predicted molar refractivity (Wildman–Crippen MR) is 90.7 cm³/mol. The summed E-state index contributed by atoms with van der Waals surface area (Å²) in [7, 11) is 0. The Bertz CT molecular complexity index is 565. The van der Waals surface area contributed by atoms with E-state index in [1.165, 1.54) is 22.4 Å². The summed E-state index contributed by atoms with van der Waals surface area (Å²) in [4.78, 5) is 5.18. The molecule has 2 nitrogen and oxygen atoms in total. The fourth-order valence-corrected chi connectivity index (χ4v) is 3.95. The maximum atomic E-state index is 2.63. The molecule has 0 spiro atoms. The molecule has 1 aliphatic carbocycles. The molecular formula is C19H26N2. The number of anilines is 1. The molecule has 1 fully saturated rings. The van der Waals surface area contributed by atoms with Crippen molar-refractivity contribution in [2.75, 3.05) is 24.7 Å². The lowest BCUT2D eigenvalue weighted by Crippen LogP contribution is -2.40. The summed E-state index contributed by atoms with van der Waals surface area (Å²) in [5, 5.41) is 0. The van der Waals surface area contributed by atoms with Gasteiger partial charge >= 0.3 is 0 Å². The highest BCUT2D eigenvalue weighted by Crippen LogP contribution is 2.31. The molecule has 1 aromatic carbocycles. The Morgan fingerprint density at radius 2 is 1.76 bits per heavy atom. The first kappa shape index (κ1) is 14.4. The second kappa shape index (κ2) is 5.69. The fourth-order valence-electron chi connectivity index (χ4n) is 3.95. The van der Waals surface area contributed by atoms with Crippen molar-refractivity contribution < 1.29 is 0 Å². The third kappa shape index (κ3) is 2.65. The lowest BCUT2D eigenvalue weighted by molar-refractivity contribution is 0.235. The van der Waals surface area contributed by atoms with Gasteiger partial charge in [-0.25, -0.2) is 0 Å². The molecule has 0 aromatic heterocycles. The number of hydrogen-bond donors (Lipinski definition) is 0. The van der Waals surface area contributed by atoms with Gasteiger partial charge in [0.1, 0.15) is 0 Å². The smallest absolute Gasteiger partial charge is 0.0713 e. The largest absolute Gasteiger partial charge is 0.357 e. The monoisotopic (exact) mass is 282 g/mol. The predicted octanol–water partition coefficient (Wildman–Crippen LogP) is 3.90. The average molecular weight is 282 g/mol. The highest BCUT2D eigenvalue weighted by molar-refractivity contribution is 5.59. The molecule has 0 radical (unpaired) electrons. The van der Waals surface area contributed by atoms with Crippen LogP contribution in [0.2, 0.25) is 0 Å². The van der Waals surface area contributed by atoms with Crippen molar-refractivity contribution in [3.8, 4) is 0 Å². The van der Waals surface area contributed by atoms with Gasteiger partial charge in [0, 0.05) is 24.8 Å². The molecule has 2 heteroatoms. The molecule has 0 amide bonds. The van der Waals surface area contributed by atoms with Gasteiger partial charge in [0.15, 0.2) is 0 Å². The standard InChI is InChI=1S/C19H26N2/c1-14-7-5-8-15(2)18(14)20-11-12-21(13-20)19-16(3)9-6-10-17(19)4/h5-10,14,18H,11-13H2,1-4H3/t14-,18?/m1/s1. The highest BCUT2D eigenvalue weighted by Gasteiger charge is 2.31. The Morgan fingerprint density at radius 1 is 1.05 bits per heavy atom. The number of aryl methyl sites for hydroxylation is 2. The summed E-state index contributed by atoms with van der Waals surface area (Å²) in [5.41, 5.74) is 5.70. The van der Waals surface area contributed by atoms with Crippen LogP contribution in [-0.4, -0.2) is 30.7 Å². The molecule has 1 saturated heterocycles. The van der Waals surface area contributed by atoms with Crippen LogP contribution in [0.25, 0.3) is 0 Å². The normalized spacial score (nSPS) is 26.3. The van der Waals surface area contributed by atoms with Crippen LogP contribution >= 0.6 is 0 Å². The minimum Gasteiger partial charge on any atom is -0.357 e. The van der Waals surface area contributed by atoms with E-state index in [9.17, 15) is 0 Å². The van der Waals surface area contributed by atoms with Crippen LogP contribution < -0.4 is 4.90 Å². The van der Waals surface area contributed by atoms with E-state index in [1.807, 2.05) is 0 Å². The molecule has 1 aromatic rings. The first-order chi connectivity index (χ1) is 10.1. The maximum absolute atomic E-state index is 2.63. The summed E-state index contributed by atoms with van der Waals surface area (Å²) >= 11 is 0. The molecule has 21 heavy (non-hydrogen) atoms. The van der Waals surface area contributed by atoms with Gasteiger partial charge in [0.05, 0.1) is 6.67 Å². The van der Waals surface area contributed by atoms with Crippen molar-refractivity contribution in [2.24, 2.45) is 5.92 Å². The number of benzene rings is 1. The van der Waals surface area contributed by atoms with Crippen molar-refractivity contribution in [1.29, 1.82) is 0 Å². The number of allylic oxidation sites excluding steroid dienone is 2. The molecule has 1 unspecified atom stereocenters. The fraction of sp³-hybridized carbons (Fsp3) is 0.474. The van der Waals surface area contributed by atoms with E-state index < -0.39 is 0 Å². The van der Waals surface area contributed by atoms with Gasteiger partial charge in [-0.05, 0) is 37.8 Å². The lowest BCUT2D eigenvalue weighted by atomic mass is 9.90. The van der Waals surface area contributed by atoms with Crippen LogP contribution in [-0.2, 0) is 0 Å². The van der Waals surface area contributed by atoms with Gasteiger partial charge in [0.25, 0.3) is 0 Å². The van der Waals surface area contributed by atoms with Crippen molar-refractivity contribution in [3.63, 3.8) is 0 Å². The number of hydrogen-bond acceptors (Lipinski definition) is 2. The van der Waals surface area contributed by atoms with Gasteiger partial charge in [-0.15, -0.1) is 0 Å². The second-order valence-electron chi connectivity index (χ2n) is 6.56. The Balaban J connectivity index is 1.80. The number of nitrogens with zero attached hydrogens (tertiary/aromatic N) is 2. The molecule has 2 atom stereocenters. The van der Waals surface area contributed by atoms with E-state index in [-0.39, 0.29) is 0 Å². The Hall–Kier alpha value is -1.54. The quantitative estimate of drug-likeness (QED) is 0.811. The minimum absolute atomic E-state index is 0.560. The summed E-state index contributed by atoms with van der Waals surface area (Å²) in [6.07, 6.45) is 6.81. The maximum Gasteiger partial charge on any atom is 0.0713 e. The van der Waals surface area contributed by atoms with Gasteiger partial charge in [-0.2, -0.15) is 0 Å². The lowest BCUT2D eigenvalue weighted by Gasteiger charge is -2.34. The van der Waals surface area contributed by atoms with Crippen molar-refractivity contribution >= 4 is 5.69 Å². The Kier molecular flexibility index (Phi) is 3.90. The topological polar surface area (TPSA) is 6.48 Å². The van der Waals surface area contributed by atoms with Crippen molar-refractivity contribution in [1.82, 2.24) is 4.90 Å². The van der Waals surface area contributed by atoms with E-state index in [1.54, 1.807) is 0 Å². The molecule has 1 heterocycles. The van der Waals surface area contributed by atoms with E-state index in [0.29, 0.717) is 12.0 Å². The Labute approximate surface area is 128 Å². The van der Waals surface area contributed by atoms with Crippen molar-refractivity contribution in [2.45, 2.75) is 33.7 Å². The molecular weight excluding hydrogens is 256 g/mol. The molecule has 3 rings (SSSR count). The molecule has 0 saturated carbocycles. The third-order valence-corrected chi connectivity index (χ3v) is 4.90. The van der Waals surface area contributed by atoms with E-state index >= 15 is 0 Å². The SMILES string of the molecule is CC1=CC=C[C@@H](C)C1N1CCN(c2c(C)cccc2C)C1. The molecule has 0 bridgehead atoms. The van der Waals surface area contributed by atoms with Gasteiger partial charge < -0.3 is 4.90 Å². The zero-order valence-electron chi connectivity index (χ0n) is 13.6. The molecule has 1 aliphatic heterocycles. The molecule has 0 N–H and O–H groups in total. The second-order valence-corrected chi connectivity index (χ2v) is 6.56. The summed E-state index contributed by atoms with van der Waals surface area (Å²) in [6.45, 7) is 12.4. The minimum atomic E-state index is 0.560. The first-order valence-electron chi connectivity index (χ1n) is 7.98. The average Bonchev–Trinajstić information content (AvgIpc) is 2.87. The van der Waals surface area contributed by atoms with Crippen LogP contribution in [0.1, 0.15) is 25.0 Å². The molecule has 112 valence electrons. The van der Waals surface area contributed by atoms with Crippen LogP contribution in [0.5, 0.6) is 0 Å². The first-order valence-corrected chi connectivity index (χ1v) is 7.98. The Morgan fingerprint density at radius 3 is 2.43 bits per heavy atom. The van der Waals surface area contributed by atoms with E-state index in [0.717, 1.165) is 19.8 Å². The third-order valence-electron chi connectivity index (χ3n) is 4.90. The zero-order valence-corrected chi connectivity index (χ0v) is 13.6. The van der Waals surface area contributed by atoms with E-state index in [2.05, 4.69) is 73.9 Å². The zero-order chi connectivity index (χ0) is 15.0. The van der Waals surface area contributed by atoms with E-state index in [4.69, 9.17) is 0 Å². The van der Waals surface area contributed by atoms with Gasteiger partial charge in [-0.1, -0.05) is 48.9 Å². The van der Waals surface area contributed by atoms with Crippen LogP contribution in [0.4, 0.5) is 5.69 Å².